The summed E-state index contributed by atoms with van der Waals surface area (Å²) in [5.41, 5.74) is 8.70. The quantitative estimate of drug-likeness (QED) is 0.855. The van der Waals surface area contributed by atoms with Gasteiger partial charge in [-0.1, -0.05) is 11.6 Å². The molecule has 1 aliphatic rings. The molecule has 2 aromatic rings. The smallest absolute Gasteiger partial charge is 0.157 e. The molecule has 6 heteroatoms. The number of fused-ring (bicyclic) bond motifs is 1. The van der Waals surface area contributed by atoms with Crippen LogP contribution in [-0.2, 0) is 0 Å². The van der Waals surface area contributed by atoms with Gasteiger partial charge in [-0.25, -0.2) is 9.50 Å². The van der Waals surface area contributed by atoms with Crippen molar-refractivity contribution in [2.24, 2.45) is 11.7 Å². The molecule has 0 unspecified atom stereocenters. The van der Waals surface area contributed by atoms with Crippen LogP contribution in [0.3, 0.4) is 0 Å². The number of nitrogens with two attached hydrogens (primary N) is 1. The summed E-state index contributed by atoms with van der Waals surface area (Å²) in [6.07, 6.45) is 4.30. The molecule has 1 fully saturated rings. The summed E-state index contributed by atoms with van der Waals surface area (Å²) in [5.74, 6) is 0.599. The van der Waals surface area contributed by atoms with Gasteiger partial charge in [0.1, 0.15) is 5.15 Å². The Morgan fingerprint density at radius 2 is 2.24 bits per heavy atom. The molecule has 0 bridgehead atoms. The number of aryl methyl sites for hydroxylation is 1. The molecule has 4 nitrogen and oxygen atoms in total. The lowest BCUT2D eigenvalue weighted by molar-refractivity contribution is 0.608. The van der Waals surface area contributed by atoms with E-state index in [4.69, 9.17) is 17.3 Å². The second-order valence-corrected chi connectivity index (χ2v) is 4.81. The van der Waals surface area contributed by atoms with E-state index in [2.05, 4.69) is 10.1 Å². The van der Waals surface area contributed by atoms with Crippen molar-refractivity contribution in [1.29, 1.82) is 0 Å². The highest BCUT2D eigenvalue weighted by Gasteiger charge is 2.31. The zero-order chi connectivity index (χ0) is 11.3. The third-order valence-electron chi connectivity index (χ3n) is 3.06. The summed E-state index contributed by atoms with van der Waals surface area (Å²) in [4.78, 5) is 4.27. The summed E-state index contributed by atoms with van der Waals surface area (Å²) in [7, 11) is 0. The first kappa shape index (κ1) is 12.6. The summed E-state index contributed by atoms with van der Waals surface area (Å²) in [6, 6.07) is 1.97. The van der Waals surface area contributed by atoms with Crippen LogP contribution >= 0.6 is 24.0 Å². The van der Waals surface area contributed by atoms with Crippen molar-refractivity contribution in [1.82, 2.24) is 14.6 Å². The van der Waals surface area contributed by atoms with Crippen molar-refractivity contribution >= 4 is 29.7 Å². The van der Waals surface area contributed by atoms with Crippen LogP contribution < -0.4 is 5.73 Å². The van der Waals surface area contributed by atoms with Gasteiger partial charge in [0.2, 0.25) is 0 Å². The number of halogens is 2. The Balaban J connectivity index is 0.00000108. The van der Waals surface area contributed by atoms with Gasteiger partial charge in [0.25, 0.3) is 0 Å². The molecular weight excluding hydrogens is 259 g/mol. The predicted octanol–water partition coefficient (Wildman–Crippen LogP) is 2.52. The first-order valence-electron chi connectivity index (χ1n) is 5.43. The first-order chi connectivity index (χ1) is 7.65. The summed E-state index contributed by atoms with van der Waals surface area (Å²) in [5, 5.41) is 4.97. The molecule has 2 heterocycles. The number of hydrogen-bond donors (Lipinski definition) is 1. The van der Waals surface area contributed by atoms with E-state index in [1.54, 1.807) is 4.52 Å². The fourth-order valence-corrected chi connectivity index (χ4v) is 2.00. The number of nitrogens with zero attached hydrogens (tertiary/aromatic N) is 3. The molecule has 0 saturated heterocycles. The number of rotatable bonds is 2. The van der Waals surface area contributed by atoms with E-state index in [1.165, 1.54) is 12.8 Å². The van der Waals surface area contributed by atoms with Crippen LogP contribution in [0.15, 0.2) is 12.3 Å². The van der Waals surface area contributed by atoms with Gasteiger partial charge in [-0.3, -0.25) is 0 Å². The van der Waals surface area contributed by atoms with E-state index in [1.807, 2.05) is 19.2 Å². The van der Waals surface area contributed by atoms with Crippen LogP contribution in [0.25, 0.3) is 5.65 Å². The van der Waals surface area contributed by atoms with Crippen LogP contribution in [0.2, 0.25) is 5.15 Å². The van der Waals surface area contributed by atoms with Crippen LogP contribution in [0, 0.1) is 12.8 Å². The van der Waals surface area contributed by atoms with E-state index in [-0.39, 0.29) is 18.4 Å². The van der Waals surface area contributed by atoms with E-state index in [9.17, 15) is 0 Å². The Morgan fingerprint density at radius 1 is 1.53 bits per heavy atom. The fraction of sp³-hybridized carbons (Fsp3) is 0.455. The molecule has 0 amide bonds. The van der Waals surface area contributed by atoms with E-state index >= 15 is 0 Å². The molecular formula is C11H14Cl2N4. The minimum absolute atomic E-state index is 0. The fourth-order valence-electron chi connectivity index (χ4n) is 1.87. The molecule has 17 heavy (non-hydrogen) atoms. The molecule has 0 radical (unpaired) electrons. The van der Waals surface area contributed by atoms with Gasteiger partial charge >= 0.3 is 0 Å². The second kappa shape index (κ2) is 4.44. The topological polar surface area (TPSA) is 56.2 Å². The Labute approximate surface area is 111 Å². The standard InChI is InChI=1S/C11H13ClN4.ClH/c1-6-5-16-9(14-11(6)12)4-8(15-16)10(13)7-2-3-7;/h4-5,7,10H,2-3,13H2,1H3;1H/t10-;/m0./s1. The SMILES string of the molecule is Cc1cn2nc([C@@H](N)C3CC3)cc2nc1Cl.Cl. The maximum Gasteiger partial charge on any atom is 0.157 e. The van der Waals surface area contributed by atoms with Gasteiger partial charge < -0.3 is 5.73 Å². The van der Waals surface area contributed by atoms with Crippen molar-refractivity contribution in [2.45, 2.75) is 25.8 Å². The molecule has 3 rings (SSSR count). The minimum Gasteiger partial charge on any atom is -0.322 e. The van der Waals surface area contributed by atoms with Gasteiger partial charge in [0, 0.05) is 17.8 Å². The molecule has 1 saturated carbocycles. The maximum absolute atomic E-state index is 6.10. The van der Waals surface area contributed by atoms with Crippen LogP contribution in [0.5, 0.6) is 0 Å². The van der Waals surface area contributed by atoms with Gasteiger partial charge in [0.15, 0.2) is 5.65 Å². The van der Waals surface area contributed by atoms with Crippen LogP contribution in [0.4, 0.5) is 0 Å². The third kappa shape index (κ3) is 2.25. The van der Waals surface area contributed by atoms with E-state index < -0.39 is 0 Å². The lowest BCUT2D eigenvalue weighted by Gasteiger charge is -2.04. The van der Waals surface area contributed by atoms with Crippen LogP contribution in [-0.4, -0.2) is 14.6 Å². The van der Waals surface area contributed by atoms with Crippen molar-refractivity contribution in [3.63, 3.8) is 0 Å². The zero-order valence-electron chi connectivity index (χ0n) is 9.43. The Hall–Kier alpha value is -0.840. The Kier molecular flexibility index (Phi) is 3.30. The van der Waals surface area contributed by atoms with Crippen molar-refractivity contribution in [3.05, 3.63) is 28.7 Å². The van der Waals surface area contributed by atoms with Gasteiger partial charge in [0.05, 0.1) is 11.7 Å². The third-order valence-corrected chi connectivity index (χ3v) is 3.44. The highest BCUT2D eigenvalue weighted by atomic mass is 35.5. The highest BCUT2D eigenvalue weighted by Crippen LogP contribution is 2.39. The summed E-state index contributed by atoms with van der Waals surface area (Å²) < 4.78 is 1.75. The molecule has 0 aromatic carbocycles. The van der Waals surface area contributed by atoms with Crippen LogP contribution in [0.1, 0.15) is 30.1 Å². The first-order valence-corrected chi connectivity index (χ1v) is 5.81. The van der Waals surface area contributed by atoms with E-state index in [0.717, 1.165) is 16.9 Å². The second-order valence-electron chi connectivity index (χ2n) is 4.45. The molecule has 1 aliphatic carbocycles. The largest absolute Gasteiger partial charge is 0.322 e. The lowest BCUT2D eigenvalue weighted by Crippen LogP contribution is -2.12. The lowest BCUT2D eigenvalue weighted by atomic mass is 10.1. The maximum atomic E-state index is 6.10. The van der Waals surface area contributed by atoms with E-state index in [0.29, 0.717) is 11.1 Å². The Morgan fingerprint density at radius 3 is 2.88 bits per heavy atom. The summed E-state index contributed by atoms with van der Waals surface area (Å²) >= 11 is 5.97. The molecule has 2 aromatic heterocycles. The van der Waals surface area contributed by atoms with Crippen molar-refractivity contribution < 1.29 is 0 Å². The van der Waals surface area contributed by atoms with Gasteiger partial charge in [-0.05, 0) is 25.7 Å². The summed E-state index contributed by atoms with van der Waals surface area (Å²) in [6.45, 7) is 1.91. The molecule has 0 aliphatic heterocycles. The monoisotopic (exact) mass is 272 g/mol. The predicted molar refractivity (Wildman–Crippen MR) is 69.6 cm³/mol. The highest BCUT2D eigenvalue weighted by molar-refractivity contribution is 6.30. The van der Waals surface area contributed by atoms with Gasteiger partial charge in [-0.2, -0.15) is 5.10 Å². The van der Waals surface area contributed by atoms with Crippen molar-refractivity contribution in [3.8, 4) is 0 Å². The molecule has 0 spiro atoms. The number of aromatic nitrogens is 3. The normalized spacial score (nSPS) is 16.9. The molecule has 92 valence electrons. The average molecular weight is 273 g/mol. The zero-order valence-corrected chi connectivity index (χ0v) is 11.0. The Bertz CT molecular complexity index is 509. The molecule has 2 N–H and O–H groups in total. The van der Waals surface area contributed by atoms with Gasteiger partial charge in [-0.15, -0.1) is 12.4 Å². The average Bonchev–Trinajstić information content (AvgIpc) is 3.01. The minimum atomic E-state index is 0. The van der Waals surface area contributed by atoms with Crippen molar-refractivity contribution in [2.75, 3.05) is 0 Å². The number of hydrogen-bond acceptors (Lipinski definition) is 3. The molecule has 1 atom stereocenters.